The van der Waals surface area contributed by atoms with E-state index in [4.69, 9.17) is 0 Å². The predicted octanol–water partition coefficient (Wildman–Crippen LogP) is 13.3. The summed E-state index contributed by atoms with van der Waals surface area (Å²) in [5, 5.41) is 0. The molecular formula is C51H43F. The van der Waals surface area contributed by atoms with Crippen LogP contribution in [0.1, 0.15) is 80.8 Å². The van der Waals surface area contributed by atoms with Crippen LogP contribution >= 0.6 is 0 Å². The van der Waals surface area contributed by atoms with E-state index in [1.54, 1.807) is 17.7 Å². The van der Waals surface area contributed by atoms with Crippen LogP contribution in [0.4, 0.5) is 4.39 Å². The lowest BCUT2D eigenvalue weighted by Crippen LogP contribution is -2.34. The van der Waals surface area contributed by atoms with Gasteiger partial charge in [-0.05, 0) is 125 Å². The Morgan fingerprint density at radius 2 is 0.962 bits per heavy atom. The highest BCUT2D eigenvalue weighted by atomic mass is 19.1. The van der Waals surface area contributed by atoms with Crippen molar-refractivity contribution in [2.45, 2.75) is 63.7 Å². The van der Waals surface area contributed by atoms with Crippen molar-refractivity contribution in [2.75, 3.05) is 0 Å². The zero-order valence-corrected chi connectivity index (χ0v) is 30.8. The molecule has 0 amide bonds. The first-order valence-electron chi connectivity index (χ1n) is 18.8. The summed E-state index contributed by atoms with van der Waals surface area (Å²) in [6.45, 7) is 14.9. The van der Waals surface area contributed by atoms with Crippen LogP contribution < -0.4 is 0 Å². The largest absolute Gasteiger partial charge is 0.207 e. The van der Waals surface area contributed by atoms with Crippen LogP contribution in [-0.4, -0.2) is 0 Å². The highest BCUT2D eigenvalue weighted by Crippen LogP contribution is 2.72. The van der Waals surface area contributed by atoms with Gasteiger partial charge in [-0.1, -0.05) is 151 Å². The lowest BCUT2D eigenvalue weighted by atomic mass is 9.60. The van der Waals surface area contributed by atoms with Gasteiger partial charge in [-0.3, -0.25) is 0 Å². The molecule has 0 saturated heterocycles. The van der Waals surface area contributed by atoms with E-state index >= 15 is 0 Å². The molecule has 0 aromatic heterocycles. The molecule has 2 atom stereocenters. The molecule has 52 heavy (non-hydrogen) atoms. The molecule has 0 nitrogen and oxygen atoms in total. The average Bonchev–Trinajstić information content (AvgIpc) is 3.64. The van der Waals surface area contributed by atoms with Crippen molar-refractivity contribution in [3.05, 3.63) is 190 Å². The van der Waals surface area contributed by atoms with E-state index in [1.807, 2.05) is 12.1 Å². The van der Waals surface area contributed by atoms with Crippen molar-refractivity contribution in [2.24, 2.45) is 5.92 Å². The third-order valence-corrected chi connectivity index (χ3v) is 13.2. The second kappa shape index (κ2) is 10.6. The summed E-state index contributed by atoms with van der Waals surface area (Å²) in [7, 11) is 0. The molecule has 0 radical (unpaired) electrons. The molecule has 1 heteroatoms. The lowest BCUT2D eigenvalue weighted by Gasteiger charge is -2.43. The second-order valence-corrected chi connectivity index (χ2v) is 17.1. The maximum atomic E-state index is 14.0. The quantitative estimate of drug-likeness (QED) is 0.175. The van der Waals surface area contributed by atoms with E-state index < -0.39 is 0 Å². The third-order valence-electron chi connectivity index (χ3n) is 13.2. The van der Waals surface area contributed by atoms with Crippen LogP contribution in [0, 0.1) is 11.7 Å². The fourth-order valence-electron chi connectivity index (χ4n) is 10.8. The van der Waals surface area contributed by atoms with Crippen molar-refractivity contribution in [3.8, 4) is 33.4 Å². The van der Waals surface area contributed by atoms with Crippen LogP contribution in [0.15, 0.2) is 151 Å². The number of benzene rings is 6. The lowest BCUT2D eigenvalue weighted by molar-refractivity contribution is 0.367. The zero-order chi connectivity index (χ0) is 35.7. The molecule has 4 aliphatic rings. The Bertz CT molecular complexity index is 2520. The third kappa shape index (κ3) is 4.14. The Labute approximate surface area is 307 Å². The fraction of sp³-hybridized carbons (Fsp3) is 0.216. The minimum atomic E-state index is -0.210. The fourth-order valence-corrected chi connectivity index (χ4v) is 10.8. The predicted molar refractivity (Wildman–Crippen MR) is 215 cm³/mol. The van der Waals surface area contributed by atoms with Crippen molar-refractivity contribution < 1.29 is 4.39 Å². The van der Waals surface area contributed by atoms with Gasteiger partial charge in [0.05, 0.1) is 0 Å². The number of halogens is 1. The Hall–Kier alpha value is -5.27. The molecule has 0 heterocycles. The van der Waals surface area contributed by atoms with Crippen LogP contribution in [0.25, 0.3) is 44.5 Å². The minimum absolute atomic E-state index is 0.114. The Kier molecular flexibility index (Phi) is 6.44. The summed E-state index contributed by atoms with van der Waals surface area (Å²) in [5.74, 6) is 0.312. The summed E-state index contributed by atoms with van der Waals surface area (Å²) in [4.78, 5) is 0. The molecule has 254 valence electrons. The van der Waals surface area contributed by atoms with Gasteiger partial charge in [0.1, 0.15) is 5.82 Å². The standard InChI is InChI=1S/C51H43F/c1-49(2)41-28-34(31-15-11-8-12-16-31)20-25-38(41)44-46(49)43-37-24-19-33(30-13-9-7-10-14-30)27-40(37)50(3,4)47(43)45-39-26-21-35(32-17-22-36(52)23-18-32)29-42(39)51(5,6)48(44)45/h7-29,45,47H,1-6H3. The Morgan fingerprint density at radius 1 is 0.462 bits per heavy atom. The van der Waals surface area contributed by atoms with Gasteiger partial charge < -0.3 is 0 Å². The molecule has 4 aliphatic carbocycles. The van der Waals surface area contributed by atoms with Crippen molar-refractivity contribution in [3.63, 3.8) is 0 Å². The van der Waals surface area contributed by atoms with E-state index in [9.17, 15) is 4.39 Å². The van der Waals surface area contributed by atoms with E-state index in [-0.39, 0.29) is 33.9 Å². The van der Waals surface area contributed by atoms with Crippen molar-refractivity contribution in [1.82, 2.24) is 0 Å². The van der Waals surface area contributed by atoms with Crippen molar-refractivity contribution in [1.29, 1.82) is 0 Å². The first kappa shape index (κ1) is 31.5. The van der Waals surface area contributed by atoms with Crippen LogP contribution in [0.2, 0.25) is 0 Å². The number of fused-ring (bicyclic) bond motifs is 10. The number of hydrogen-bond acceptors (Lipinski definition) is 0. The smallest absolute Gasteiger partial charge is 0.123 e. The highest BCUT2D eigenvalue weighted by molar-refractivity contribution is 6.05. The SMILES string of the molecule is CC1(C)C2=C3c4ccc(-c5ccccc5)cc4C(C)(C)C3C3C(=C2c2ccc(-c4ccccc4)cc21)C(C)(C)c1cc(-c2ccc(F)cc2)ccc13. The van der Waals surface area contributed by atoms with Crippen LogP contribution in [-0.2, 0) is 16.2 Å². The van der Waals surface area contributed by atoms with Gasteiger partial charge in [-0.25, -0.2) is 4.39 Å². The summed E-state index contributed by atoms with van der Waals surface area (Å²) in [5.41, 5.74) is 21.3. The molecule has 6 aromatic rings. The molecule has 0 N–H and O–H groups in total. The molecule has 6 aromatic carbocycles. The zero-order valence-electron chi connectivity index (χ0n) is 30.8. The van der Waals surface area contributed by atoms with Crippen LogP contribution in [0.3, 0.4) is 0 Å². The molecule has 0 bridgehead atoms. The van der Waals surface area contributed by atoms with Gasteiger partial charge in [0.15, 0.2) is 0 Å². The molecule has 0 saturated carbocycles. The summed E-state index contributed by atoms with van der Waals surface area (Å²) in [6.07, 6.45) is 0. The first-order valence-corrected chi connectivity index (χ1v) is 18.8. The van der Waals surface area contributed by atoms with E-state index in [1.165, 1.54) is 72.4 Å². The maximum absolute atomic E-state index is 14.0. The maximum Gasteiger partial charge on any atom is 0.123 e. The van der Waals surface area contributed by atoms with Gasteiger partial charge in [-0.15, -0.1) is 0 Å². The minimum Gasteiger partial charge on any atom is -0.207 e. The molecule has 0 fully saturated rings. The van der Waals surface area contributed by atoms with Gasteiger partial charge in [0, 0.05) is 22.7 Å². The van der Waals surface area contributed by atoms with E-state index in [0.717, 1.165) is 11.1 Å². The highest BCUT2D eigenvalue weighted by Gasteiger charge is 2.60. The van der Waals surface area contributed by atoms with Gasteiger partial charge in [0.25, 0.3) is 0 Å². The molecule has 10 rings (SSSR count). The van der Waals surface area contributed by atoms with Crippen LogP contribution in [0.5, 0.6) is 0 Å². The topological polar surface area (TPSA) is 0 Å². The number of allylic oxidation sites excluding steroid dienone is 4. The summed E-state index contributed by atoms with van der Waals surface area (Å²) >= 11 is 0. The second-order valence-electron chi connectivity index (χ2n) is 17.1. The van der Waals surface area contributed by atoms with Gasteiger partial charge in [0.2, 0.25) is 0 Å². The van der Waals surface area contributed by atoms with Crippen molar-refractivity contribution >= 4 is 11.1 Å². The van der Waals surface area contributed by atoms with Gasteiger partial charge >= 0.3 is 0 Å². The monoisotopic (exact) mass is 674 g/mol. The Morgan fingerprint density at radius 3 is 1.58 bits per heavy atom. The summed E-state index contributed by atoms with van der Waals surface area (Å²) < 4.78 is 14.0. The first-order chi connectivity index (χ1) is 25.0. The average molecular weight is 675 g/mol. The number of rotatable bonds is 3. The molecule has 0 spiro atoms. The summed E-state index contributed by atoms with van der Waals surface area (Å²) in [6, 6.07) is 50.2. The van der Waals surface area contributed by atoms with Gasteiger partial charge in [-0.2, -0.15) is 0 Å². The molecule has 0 aliphatic heterocycles. The Balaban J connectivity index is 1.27. The van der Waals surface area contributed by atoms with E-state index in [0.29, 0.717) is 0 Å². The molecular weight excluding hydrogens is 632 g/mol. The normalized spacial score (nSPS) is 20.9. The molecule has 2 unspecified atom stereocenters. The van der Waals surface area contributed by atoms with E-state index in [2.05, 4.69) is 157 Å². The number of hydrogen-bond donors (Lipinski definition) is 0.